The molecule has 0 aromatic heterocycles. The molecule has 22 heavy (non-hydrogen) atoms. The summed E-state index contributed by atoms with van der Waals surface area (Å²) >= 11 is 0. The van der Waals surface area contributed by atoms with Gasteiger partial charge in [-0.05, 0) is 33.3 Å². The summed E-state index contributed by atoms with van der Waals surface area (Å²) in [5, 5.41) is 0. The van der Waals surface area contributed by atoms with Crippen LogP contribution in [0.1, 0.15) is 53.5 Å². The van der Waals surface area contributed by atoms with Crippen molar-refractivity contribution in [3.05, 3.63) is 35.9 Å². The van der Waals surface area contributed by atoms with E-state index < -0.39 is 5.60 Å². The van der Waals surface area contributed by atoms with Gasteiger partial charge in [0, 0.05) is 37.4 Å². The molecule has 1 aromatic rings. The largest absolute Gasteiger partial charge is 0.454 e. The van der Waals surface area contributed by atoms with Gasteiger partial charge in [-0.1, -0.05) is 37.3 Å². The Morgan fingerprint density at radius 1 is 1.23 bits per heavy atom. The topological polar surface area (TPSA) is 29.5 Å². The highest BCUT2D eigenvalue weighted by Gasteiger charge is 2.49. The van der Waals surface area contributed by atoms with Gasteiger partial charge in [-0.2, -0.15) is 0 Å². The van der Waals surface area contributed by atoms with Gasteiger partial charge >= 0.3 is 5.97 Å². The van der Waals surface area contributed by atoms with Crippen LogP contribution in [-0.2, 0) is 15.1 Å². The number of carbonyl (C=O) groups excluding carboxylic acids is 1. The number of carbonyl (C=O) groups is 1. The van der Waals surface area contributed by atoms with E-state index in [2.05, 4.69) is 51.7 Å². The number of benzene rings is 1. The normalized spacial score (nSPS) is 30.1. The number of esters is 1. The van der Waals surface area contributed by atoms with E-state index in [9.17, 15) is 4.79 Å². The fourth-order valence-corrected chi connectivity index (χ4v) is 3.89. The molecule has 122 valence electrons. The molecule has 2 unspecified atom stereocenters. The van der Waals surface area contributed by atoms with Gasteiger partial charge in [0.1, 0.15) is 5.60 Å². The summed E-state index contributed by atoms with van der Waals surface area (Å²) < 4.78 is 5.94. The average molecular weight is 303 g/mol. The van der Waals surface area contributed by atoms with Gasteiger partial charge in [-0.25, -0.2) is 0 Å². The van der Waals surface area contributed by atoms with Crippen molar-refractivity contribution >= 4 is 5.97 Å². The van der Waals surface area contributed by atoms with E-state index in [0.29, 0.717) is 6.04 Å². The zero-order valence-corrected chi connectivity index (χ0v) is 14.7. The van der Waals surface area contributed by atoms with E-state index in [1.165, 1.54) is 6.92 Å². The molecule has 0 aliphatic carbocycles. The smallest absolute Gasteiger partial charge is 0.303 e. The lowest BCUT2D eigenvalue weighted by atomic mass is 9.73. The molecule has 2 rings (SSSR count). The van der Waals surface area contributed by atoms with Gasteiger partial charge in [0.05, 0.1) is 0 Å². The Hall–Kier alpha value is -1.35. The summed E-state index contributed by atoms with van der Waals surface area (Å²) in [4.78, 5) is 14.3. The lowest BCUT2D eigenvalue weighted by Gasteiger charge is -2.53. The van der Waals surface area contributed by atoms with Gasteiger partial charge in [0.25, 0.3) is 0 Å². The van der Waals surface area contributed by atoms with Crippen molar-refractivity contribution in [2.24, 2.45) is 5.92 Å². The fourth-order valence-electron chi connectivity index (χ4n) is 3.89. The third kappa shape index (κ3) is 3.19. The molecule has 0 radical (unpaired) electrons. The molecule has 1 aromatic carbocycles. The maximum absolute atomic E-state index is 11.8. The number of hydrogen-bond donors (Lipinski definition) is 0. The molecule has 1 saturated heterocycles. The minimum Gasteiger partial charge on any atom is -0.454 e. The molecule has 0 amide bonds. The lowest BCUT2D eigenvalue weighted by Crippen LogP contribution is -2.59. The first-order valence-corrected chi connectivity index (χ1v) is 8.18. The Balaban J connectivity index is 2.41. The molecule has 0 saturated carbocycles. The molecule has 3 nitrogen and oxygen atoms in total. The molecule has 0 spiro atoms. The first-order valence-electron chi connectivity index (χ1n) is 8.18. The minimum absolute atomic E-state index is 0.118. The van der Waals surface area contributed by atoms with Crippen LogP contribution in [0.3, 0.4) is 0 Å². The van der Waals surface area contributed by atoms with Gasteiger partial charge < -0.3 is 4.74 Å². The first kappa shape index (κ1) is 17.0. The maximum atomic E-state index is 11.8. The van der Waals surface area contributed by atoms with Gasteiger partial charge in [-0.3, -0.25) is 9.69 Å². The first-order chi connectivity index (χ1) is 10.2. The van der Waals surface area contributed by atoms with Crippen molar-refractivity contribution in [1.82, 2.24) is 4.90 Å². The monoisotopic (exact) mass is 303 g/mol. The van der Waals surface area contributed by atoms with Crippen molar-refractivity contribution in [2.75, 3.05) is 6.54 Å². The molecule has 1 fully saturated rings. The molecule has 1 aliphatic heterocycles. The van der Waals surface area contributed by atoms with Crippen molar-refractivity contribution < 1.29 is 9.53 Å². The van der Waals surface area contributed by atoms with Gasteiger partial charge in [0.2, 0.25) is 0 Å². The van der Waals surface area contributed by atoms with Crippen LogP contribution in [0, 0.1) is 5.92 Å². The summed E-state index contributed by atoms with van der Waals surface area (Å²) in [5.41, 5.74) is 0.708. The predicted molar refractivity (Wildman–Crippen MR) is 89.6 cm³/mol. The number of likely N-dealkylation sites (tertiary alicyclic amines) is 1. The quantitative estimate of drug-likeness (QED) is 0.774. The second kappa shape index (κ2) is 6.04. The highest BCUT2D eigenvalue weighted by molar-refractivity contribution is 5.67. The Labute approximate surface area is 134 Å². The molecule has 0 bridgehead atoms. The highest BCUT2D eigenvalue weighted by atomic mass is 16.6. The fraction of sp³-hybridized carbons (Fsp3) is 0.632. The van der Waals surface area contributed by atoms with E-state index in [-0.39, 0.29) is 17.4 Å². The minimum atomic E-state index is -0.520. The van der Waals surface area contributed by atoms with Crippen LogP contribution >= 0.6 is 0 Å². The van der Waals surface area contributed by atoms with Crippen LogP contribution in [0.4, 0.5) is 0 Å². The number of rotatable bonds is 2. The summed E-state index contributed by atoms with van der Waals surface area (Å²) in [5.74, 6) is 0.0429. The van der Waals surface area contributed by atoms with Crippen molar-refractivity contribution in [1.29, 1.82) is 0 Å². The van der Waals surface area contributed by atoms with Crippen LogP contribution in [0.15, 0.2) is 30.3 Å². The Morgan fingerprint density at radius 2 is 1.82 bits per heavy atom. The standard InChI is InChI=1S/C19H29NO2/c1-14-13-20(18(4,5)6)15(2)12-19(14,22-16(3)21)17-10-8-7-9-11-17/h7-11,14-15H,12-13H2,1-6H3/t14?,15?,19-/m0/s1. The van der Waals surface area contributed by atoms with Gasteiger partial charge in [0.15, 0.2) is 0 Å². The SMILES string of the molecule is CC(=O)O[C@@]1(c2ccccc2)CC(C)N(C(C)(C)C)CC1C. The van der Waals surface area contributed by atoms with Crippen LogP contribution < -0.4 is 0 Å². The summed E-state index contributed by atoms with van der Waals surface area (Å²) in [6, 6.07) is 10.6. The molecule has 1 heterocycles. The zero-order valence-electron chi connectivity index (χ0n) is 14.7. The summed E-state index contributed by atoms with van der Waals surface area (Å²) in [7, 11) is 0. The van der Waals surface area contributed by atoms with Crippen LogP contribution in [0.2, 0.25) is 0 Å². The average Bonchev–Trinajstić information content (AvgIpc) is 2.41. The van der Waals surface area contributed by atoms with Crippen molar-refractivity contribution in [3.63, 3.8) is 0 Å². The van der Waals surface area contributed by atoms with Crippen molar-refractivity contribution in [2.45, 2.75) is 65.1 Å². The molecule has 0 N–H and O–H groups in total. The van der Waals surface area contributed by atoms with E-state index in [1.807, 2.05) is 18.2 Å². The molecule has 3 heteroatoms. The predicted octanol–water partition coefficient (Wildman–Crippen LogP) is 3.97. The van der Waals surface area contributed by atoms with Crippen LogP contribution in [0.5, 0.6) is 0 Å². The number of hydrogen-bond acceptors (Lipinski definition) is 3. The summed E-state index contributed by atoms with van der Waals surface area (Å²) in [6.07, 6.45) is 0.828. The molecular formula is C19H29NO2. The van der Waals surface area contributed by atoms with Crippen LogP contribution in [0.25, 0.3) is 0 Å². The third-order valence-corrected chi connectivity index (χ3v) is 4.85. The Kier molecular flexibility index (Phi) is 4.67. The zero-order chi connectivity index (χ0) is 16.5. The van der Waals surface area contributed by atoms with Crippen molar-refractivity contribution in [3.8, 4) is 0 Å². The third-order valence-electron chi connectivity index (χ3n) is 4.85. The van der Waals surface area contributed by atoms with E-state index in [4.69, 9.17) is 4.74 Å². The molecule has 1 aliphatic rings. The summed E-state index contributed by atoms with van der Waals surface area (Å²) in [6.45, 7) is 13.6. The number of nitrogens with zero attached hydrogens (tertiary/aromatic N) is 1. The number of ether oxygens (including phenoxy) is 1. The highest BCUT2D eigenvalue weighted by Crippen LogP contribution is 2.44. The van der Waals surface area contributed by atoms with E-state index in [0.717, 1.165) is 18.5 Å². The molecular weight excluding hydrogens is 274 g/mol. The molecule has 3 atom stereocenters. The second-order valence-corrected chi connectivity index (χ2v) is 7.63. The van der Waals surface area contributed by atoms with E-state index >= 15 is 0 Å². The maximum Gasteiger partial charge on any atom is 0.303 e. The van der Waals surface area contributed by atoms with Gasteiger partial charge in [-0.15, -0.1) is 0 Å². The number of piperidine rings is 1. The lowest BCUT2D eigenvalue weighted by molar-refractivity contribution is -0.180. The Morgan fingerprint density at radius 3 is 2.32 bits per heavy atom. The van der Waals surface area contributed by atoms with Crippen LogP contribution in [-0.4, -0.2) is 29.0 Å². The van der Waals surface area contributed by atoms with E-state index in [1.54, 1.807) is 0 Å². The second-order valence-electron chi connectivity index (χ2n) is 7.63. The Bertz CT molecular complexity index is 520.